The lowest BCUT2D eigenvalue weighted by molar-refractivity contribution is -0.384. The van der Waals surface area contributed by atoms with Crippen LogP contribution in [0.3, 0.4) is 0 Å². The Bertz CT molecular complexity index is 848. The van der Waals surface area contributed by atoms with Crippen LogP contribution in [0.15, 0.2) is 36.4 Å². The van der Waals surface area contributed by atoms with Gasteiger partial charge in [0, 0.05) is 24.4 Å². The van der Waals surface area contributed by atoms with Gasteiger partial charge in [-0.3, -0.25) is 14.9 Å². The molecule has 0 heterocycles. The molecule has 0 bridgehead atoms. The van der Waals surface area contributed by atoms with Crippen LogP contribution >= 0.6 is 0 Å². The van der Waals surface area contributed by atoms with E-state index in [-0.39, 0.29) is 11.3 Å². The molecule has 0 aliphatic carbocycles. The number of nitrogens with one attached hydrogen (secondary N) is 2. The lowest BCUT2D eigenvalue weighted by atomic mass is 10.1. The number of anilines is 2. The van der Waals surface area contributed by atoms with Gasteiger partial charge in [-0.05, 0) is 36.8 Å². The average molecular weight is 343 g/mol. The summed E-state index contributed by atoms with van der Waals surface area (Å²) in [5, 5.41) is 16.5. The van der Waals surface area contributed by atoms with E-state index in [1.807, 2.05) is 0 Å². The molecule has 0 saturated carbocycles. The van der Waals surface area contributed by atoms with Gasteiger partial charge >= 0.3 is 5.97 Å². The van der Waals surface area contributed by atoms with Crippen LogP contribution in [-0.4, -0.2) is 31.0 Å². The summed E-state index contributed by atoms with van der Waals surface area (Å²) in [5.74, 6) is -1.04. The van der Waals surface area contributed by atoms with Crippen molar-refractivity contribution < 1.29 is 19.2 Å². The number of esters is 1. The second-order valence-corrected chi connectivity index (χ2v) is 5.21. The van der Waals surface area contributed by atoms with Crippen LogP contribution in [-0.2, 0) is 4.74 Å². The highest BCUT2D eigenvalue weighted by atomic mass is 16.6. The molecule has 0 saturated heterocycles. The van der Waals surface area contributed by atoms with Gasteiger partial charge in [0.25, 0.3) is 11.6 Å². The Labute approximate surface area is 144 Å². The van der Waals surface area contributed by atoms with Gasteiger partial charge in [0.15, 0.2) is 0 Å². The summed E-state index contributed by atoms with van der Waals surface area (Å²) in [6.07, 6.45) is 0. The molecule has 130 valence electrons. The number of benzene rings is 2. The van der Waals surface area contributed by atoms with Crippen LogP contribution in [0.25, 0.3) is 0 Å². The van der Waals surface area contributed by atoms with Crippen LogP contribution in [0.1, 0.15) is 26.3 Å². The van der Waals surface area contributed by atoms with Gasteiger partial charge in [0.1, 0.15) is 5.69 Å². The van der Waals surface area contributed by atoms with Gasteiger partial charge in [-0.2, -0.15) is 0 Å². The number of aryl methyl sites for hydroxylation is 1. The monoisotopic (exact) mass is 343 g/mol. The molecule has 2 rings (SSSR count). The molecular formula is C17H17N3O5. The number of hydrogen-bond acceptors (Lipinski definition) is 6. The zero-order valence-corrected chi connectivity index (χ0v) is 14.0. The van der Waals surface area contributed by atoms with Gasteiger partial charge in [0.2, 0.25) is 0 Å². The molecule has 8 heteroatoms. The first-order valence-electron chi connectivity index (χ1n) is 7.34. The Hall–Kier alpha value is -3.42. The Morgan fingerprint density at radius 1 is 1.08 bits per heavy atom. The van der Waals surface area contributed by atoms with E-state index in [0.29, 0.717) is 16.9 Å². The van der Waals surface area contributed by atoms with Crippen LogP contribution in [0.2, 0.25) is 0 Å². The first-order chi connectivity index (χ1) is 11.9. The van der Waals surface area contributed by atoms with Gasteiger partial charge in [-0.15, -0.1) is 0 Å². The van der Waals surface area contributed by atoms with Crippen molar-refractivity contribution in [2.75, 3.05) is 24.8 Å². The first kappa shape index (κ1) is 17.9. The molecule has 0 unspecified atom stereocenters. The van der Waals surface area contributed by atoms with Crippen molar-refractivity contribution in [3.63, 3.8) is 0 Å². The molecule has 0 fully saturated rings. The Kier molecular flexibility index (Phi) is 5.33. The minimum absolute atomic E-state index is 0.133. The fourth-order valence-electron chi connectivity index (χ4n) is 2.23. The molecule has 0 aromatic heterocycles. The van der Waals surface area contributed by atoms with Crippen molar-refractivity contribution in [3.05, 3.63) is 63.2 Å². The number of nitro groups is 1. The predicted octanol–water partition coefficient (Wildman–Crippen LogP) is 2.98. The lowest BCUT2D eigenvalue weighted by Crippen LogP contribution is -2.14. The van der Waals surface area contributed by atoms with Crippen LogP contribution in [0.5, 0.6) is 0 Å². The number of carbonyl (C=O) groups excluding carboxylic acids is 2. The number of rotatable bonds is 5. The standard InChI is InChI=1S/C17H17N3O5/c1-10-4-5-12(17(22)25-3)8-14(10)19-16(21)11-6-7-13(18-2)15(9-11)20(23)24/h4-9,18H,1-3H3,(H,19,21). The van der Waals surface area contributed by atoms with E-state index >= 15 is 0 Å². The van der Waals surface area contributed by atoms with Crippen molar-refractivity contribution >= 4 is 28.9 Å². The summed E-state index contributed by atoms with van der Waals surface area (Å²) in [6, 6.07) is 8.90. The van der Waals surface area contributed by atoms with Crippen molar-refractivity contribution in [2.45, 2.75) is 6.92 Å². The van der Waals surface area contributed by atoms with Crippen molar-refractivity contribution in [3.8, 4) is 0 Å². The smallest absolute Gasteiger partial charge is 0.337 e. The van der Waals surface area contributed by atoms with E-state index in [1.54, 1.807) is 26.1 Å². The normalized spacial score (nSPS) is 10.0. The average Bonchev–Trinajstić information content (AvgIpc) is 2.62. The molecule has 0 aliphatic heterocycles. The zero-order chi connectivity index (χ0) is 18.6. The summed E-state index contributed by atoms with van der Waals surface area (Å²) in [4.78, 5) is 34.6. The summed E-state index contributed by atoms with van der Waals surface area (Å²) >= 11 is 0. The molecule has 8 nitrogen and oxygen atoms in total. The zero-order valence-electron chi connectivity index (χ0n) is 14.0. The number of nitrogens with zero attached hydrogens (tertiary/aromatic N) is 1. The largest absolute Gasteiger partial charge is 0.465 e. The number of nitro benzene ring substituents is 1. The summed E-state index contributed by atoms with van der Waals surface area (Å²) < 4.78 is 4.65. The summed E-state index contributed by atoms with van der Waals surface area (Å²) in [5.41, 5.74) is 1.70. The van der Waals surface area contributed by atoms with Crippen molar-refractivity contribution in [1.29, 1.82) is 0 Å². The quantitative estimate of drug-likeness (QED) is 0.490. The maximum absolute atomic E-state index is 12.4. The minimum Gasteiger partial charge on any atom is -0.465 e. The van der Waals surface area contributed by atoms with Gasteiger partial charge in [-0.1, -0.05) is 6.07 Å². The molecule has 2 aromatic carbocycles. The van der Waals surface area contributed by atoms with Crippen LogP contribution in [0, 0.1) is 17.0 Å². The first-order valence-corrected chi connectivity index (χ1v) is 7.34. The molecule has 0 spiro atoms. The molecule has 1 amide bonds. The number of ether oxygens (including phenoxy) is 1. The third kappa shape index (κ3) is 3.92. The van der Waals surface area contributed by atoms with Gasteiger partial charge < -0.3 is 15.4 Å². The highest BCUT2D eigenvalue weighted by Crippen LogP contribution is 2.26. The minimum atomic E-state index is -0.564. The number of carbonyl (C=O) groups is 2. The maximum atomic E-state index is 12.4. The predicted molar refractivity (Wildman–Crippen MR) is 93.1 cm³/mol. The summed E-state index contributed by atoms with van der Waals surface area (Å²) in [6.45, 7) is 1.77. The van der Waals surface area contributed by atoms with Crippen LogP contribution < -0.4 is 10.6 Å². The molecule has 0 aliphatic rings. The van der Waals surface area contributed by atoms with E-state index in [1.165, 1.54) is 31.4 Å². The van der Waals surface area contributed by atoms with E-state index in [0.717, 1.165) is 5.56 Å². The molecule has 0 atom stereocenters. The fraction of sp³-hybridized carbons (Fsp3) is 0.176. The molecular weight excluding hydrogens is 326 g/mol. The second-order valence-electron chi connectivity index (χ2n) is 5.21. The molecule has 25 heavy (non-hydrogen) atoms. The lowest BCUT2D eigenvalue weighted by Gasteiger charge is -2.11. The van der Waals surface area contributed by atoms with Gasteiger partial charge in [0.05, 0.1) is 17.6 Å². The highest BCUT2D eigenvalue weighted by molar-refractivity contribution is 6.06. The third-order valence-electron chi connectivity index (χ3n) is 3.63. The Morgan fingerprint density at radius 3 is 2.36 bits per heavy atom. The Morgan fingerprint density at radius 2 is 1.76 bits per heavy atom. The second kappa shape index (κ2) is 7.43. The maximum Gasteiger partial charge on any atom is 0.337 e. The summed E-state index contributed by atoms with van der Waals surface area (Å²) in [7, 11) is 2.83. The number of methoxy groups -OCH3 is 1. The van der Waals surface area contributed by atoms with Gasteiger partial charge in [-0.25, -0.2) is 4.79 Å². The van der Waals surface area contributed by atoms with E-state index in [2.05, 4.69) is 15.4 Å². The third-order valence-corrected chi connectivity index (χ3v) is 3.63. The molecule has 2 N–H and O–H groups in total. The van der Waals surface area contributed by atoms with E-state index in [9.17, 15) is 19.7 Å². The van der Waals surface area contributed by atoms with Crippen molar-refractivity contribution in [2.24, 2.45) is 0 Å². The van der Waals surface area contributed by atoms with Crippen molar-refractivity contribution in [1.82, 2.24) is 0 Å². The number of hydrogen-bond donors (Lipinski definition) is 2. The van der Waals surface area contributed by atoms with Crippen LogP contribution in [0.4, 0.5) is 17.1 Å². The highest BCUT2D eigenvalue weighted by Gasteiger charge is 2.18. The molecule has 2 aromatic rings. The van der Waals surface area contributed by atoms with E-state index < -0.39 is 16.8 Å². The van der Waals surface area contributed by atoms with E-state index in [4.69, 9.17) is 0 Å². The fourth-order valence-corrected chi connectivity index (χ4v) is 2.23. The molecule has 0 radical (unpaired) electrons. The Balaban J connectivity index is 2.32. The topological polar surface area (TPSA) is 111 Å². The SMILES string of the molecule is CNc1ccc(C(=O)Nc2cc(C(=O)OC)ccc2C)cc1[N+](=O)[O-]. The number of amides is 1.